The number of fused-ring (bicyclic) bond motifs is 1. The van der Waals surface area contributed by atoms with E-state index in [1.54, 1.807) is 11.8 Å². The van der Waals surface area contributed by atoms with Crippen LogP contribution in [0.1, 0.15) is 71.1 Å². The first kappa shape index (κ1) is 22.2. The lowest BCUT2D eigenvalue weighted by Gasteiger charge is -2.07. The van der Waals surface area contributed by atoms with Gasteiger partial charge in [0.2, 0.25) is 0 Å². The molecule has 4 nitrogen and oxygen atoms in total. The number of imidazole rings is 1. The highest BCUT2D eigenvalue weighted by Crippen LogP contribution is 2.27. The van der Waals surface area contributed by atoms with Crippen LogP contribution in [0.2, 0.25) is 0 Å². The first-order valence-corrected chi connectivity index (χ1v) is 11.8. The molecular weight excluding hydrogens is 390 g/mol. The van der Waals surface area contributed by atoms with Gasteiger partial charge in [0.05, 0.1) is 11.0 Å². The number of amides is 1. The predicted molar refractivity (Wildman–Crippen MR) is 134 cm³/mol. The molecule has 1 aromatic heterocycles. The Hall–Kier alpha value is -2.53. The monoisotopic (exact) mass is 425 g/mol. The molecule has 0 aliphatic rings. The minimum Gasteiger partial charge on any atom is -0.337 e. The van der Waals surface area contributed by atoms with Crippen molar-refractivity contribution in [3.05, 3.63) is 65.5 Å². The van der Waals surface area contributed by atoms with Gasteiger partial charge in [-0.1, -0.05) is 51.3 Å². The van der Waals surface area contributed by atoms with E-state index >= 15 is 0 Å². The van der Waals surface area contributed by atoms with E-state index in [1.165, 1.54) is 31.2 Å². The van der Waals surface area contributed by atoms with Crippen molar-refractivity contribution in [1.82, 2.24) is 9.97 Å². The van der Waals surface area contributed by atoms with Crippen molar-refractivity contribution in [3.63, 3.8) is 0 Å². The molecule has 5 heteroatoms. The molecule has 2 aromatic carbocycles. The zero-order valence-corrected chi connectivity index (χ0v) is 18.9. The number of thioether (sulfide) groups is 1. The summed E-state index contributed by atoms with van der Waals surface area (Å²) >= 11 is 1.76. The number of allylic oxidation sites excluding steroid dienone is 1. The number of aromatic amines is 1. The van der Waals surface area contributed by atoms with Crippen LogP contribution in [0, 0.1) is 0 Å². The Morgan fingerprint density at radius 3 is 2.63 bits per heavy atom. The number of nitrogens with one attached hydrogen (secondary N) is 2. The molecule has 162 valence electrons. The molecular formula is C25H35N3OS. The third-order valence-electron chi connectivity index (χ3n) is 5.07. The molecule has 0 saturated carbocycles. The van der Waals surface area contributed by atoms with E-state index in [0.29, 0.717) is 5.56 Å². The maximum Gasteiger partial charge on any atom is 0.255 e. The van der Waals surface area contributed by atoms with E-state index in [1.807, 2.05) is 37.3 Å². The largest absolute Gasteiger partial charge is 0.337 e. The van der Waals surface area contributed by atoms with Gasteiger partial charge < -0.3 is 10.3 Å². The highest BCUT2D eigenvalue weighted by atomic mass is 32.2. The van der Waals surface area contributed by atoms with Crippen LogP contribution in [-0.4, -0.2) is 21.6 Å². The number of carbonyl (C=O) groups excluding carboxylic acids is 1. The number of rotatable bonds is 10. The molecule has 1 heterocycles. The maximum atomic E-state index is 12.7. The first-order valence-electron chi connectivity index (χ1n) is 10.8. The molecule has 0 unspecified atom stereocenters. The molecule has 0 spiro atoms. The Morgan fingerprint density at radius 2 is 1.93 bits per heavy atom. The number of benzene rings is 2. The third-order valence-corrected chi connectivity index (χ3v) is 6.10. The standard InChI is InChI=1S/C25H31N3OS.2H2/c1-4-7-8-9-10-18-11-13-19(14-12-18)25(29)26-20-15-16-21-22(17-20)28-24(27-21)23(5-2)30-6-3;;/h5,11-17H,4,6-10H2,1-3H3,(H,26,29)(H,27,28);2*1H/b23-5-;;. The number of carbonyl (C=O) groups is 1. The number of aromatic nitrogens is 2. The molecule has 3 aromatic rings. The van der Waals surface area contributed by atoms with Gasteiger partial charge in [0, 0.05) is 19.0 Å². The lowest BCUT2D eigenvalue weighted by molar-refractivity contribution is 0.102. The second-order valence-corrected chi connectivity index (χ2v) is 8.67. The highest BCUT2D eigenvalue weighted by molar-refractivity contribution is 8.08. The number of H-pyrrole nitrogens is 1. The van der Waals surface area contributed by atoms with E-state index in [-0.39, 0.29) is 8.76 Å². The Morgan fingerprint density at radius 1 is 1.13 bits per heavy atom. The van der Waals surface area contributed by atoms with Crippen LogP contribution >= 0.6 is 11.8 Å². The minimum absolute atomic E-state index is 0. The topological polar surface area (TPSA) is 57.8 Å². The van der Waals surface area contributed by atoms with E-state index in [4.69, 9.17) is 0 Å². The molecule has 0 aliphatic heterocycles. The third kappa shape index (κ3) is 5.76. The van der Waals surface area contributed by atoms with Gasteiger partial charge in [0.25, 0.3) is 5.91 Å². The zero-order valence-electron chi connectivity index (χ0n) is 18.1. The predicted octanol–water partition coefficient (Wildman–Crippen LogP) is 7.54. The van der Waals surface area contributed by atoms with E-state index < -0.39 is 0 Å². The molecule has 0 aliphatic carbocycles. The summed E-state index contributed by atoms with van der Waals surface area (Å²) in [7, 11) is 0. The number of hydrogen-bond donors (Lipinski definition) is 2. The molecule has 1 amide bonds. The van der Waals surface area contributed by atoms with Gasteiger partial charge in [0.15, 0.2) is 0 Å². The average Bonchev–Trinajstić information content (AvgIpc) is 3.18. The summed E-state index contributed by atoms with van der Waals surface area (Å²) in [4.78, 5) is 21.8. The minimum atomic E-state index is -0.0951. The normalized spacial score (nSPS) is 11.8. The van der Waals surface area contributed by atoms with Gasteiger partial charge in [-0.05, 0) is 61.4 Å². The Labute approximate surface area is 186 Å². The molecule has 0 fully saturated rings. The Balaban J connectivity index is 0.00000256. The fourth-order valence-corrected chi connectivity index (χ4v) is 4.14. The van der Waals surface area contributed by atoms with Gasteiger partial charge in [-0.25, -0.2) is 4.98 Å². The summed E-state index contributed by atoms with van der Waals surface area (Å²) in [5.74, 6) is 1.77. The molecule has 30 heavy (non-hydrogen) atoms. The fourth-order valence-electron chi connectivity index (χ4n) is 3.43. The van der Waals surface area contributed by atoms with Gasteiger partial charge in [-0.2, -0.15) is 0 Å². The summed E-state index contributed by atoms with van der Waals surface area (Å²) in [5.41, 5.74) is 4.54. The van der Waals surface area contributed by atoms with Crippen LogP contribution in [0.25, 0.3) is 15.9 Å². The van der Waals surface area contributed by atoms with Crippen molar-refractivity contribution in [1.29, 1.82) is 0 Å². The maximum absolute atomic E-state index is 12.7. The van der Waals surface area contributed by atoms with E-state index in [0.717, 1.165) is 39.6 Å². The summed E-state index contributed by atoms with van der Waals surface area (Å²) in [6.07, 6.45) is 8.16. The Kier molecular flexibility index (Phi) is 8.14. The van der Waals surface area contributed by atoms with Crippen molar-refractivity contribution in [2.45, 2.75) is 52.9 Å². The second kappa shape index (κ2) is 11.0. The second-order valence-electron chi connectivity index (χ2n) is 7.36. The number of unbranched alkanes of at least 4 members (excludes halogenated alkanes) is 3. The number of nitrogens with zero attached hydrogens (tertiary/aromatic N) is 1. The van der Waals surface area contributed by atoms with Crippen LogP contribution in [0.4, 0.5) is 5.69 Å². The Bertz CT molecular complexity index is 1020. The van der Waals surface area contributed by atoms with Crippen molar-refractivity contribution in [3.8, 4) is 0 Å². The molecule has 0 radical (unpaired) electrons. The van der Waals surface area contributed by atoms with Crippen molar-refractivity contribution >= 4 is 39.3 Å². The first-order chi connectivity index (χ1) is 14.6. The van der Waals surface area contributed by atoms with Gasteiger partial charge in [-0.3, -0.25) is 4.79 Å². The van der Waals surface area contributed by atoms with E-state index in [2.05, 4.69) is 47.3 Å². The molecule has 0 bridgehead atoms. The summed E-state index contributed by atoms with van der Waals surface area (Å²) < 4.78 is 0. The molecule has 0 saturated heterocycles. The fraction of sp³-hybridized carbons (Fsp3) is 0.360. The van der Waals surface area contributed by atoms with Gasteiger partial charge >= 0.3 is 0 Å². The highest BCUT2D eigenvalue weighted by Gasteiger charge is 2.10. The van der Waals surface area contributed by atoms with Crippen molar-refractivity contribution in [2.24, 2.45) is 0 Å². The number of aryl methyl sites for hydroxylation is 1. The lowest BCUT2D eigenvalue weighted by Crippen LogP contribution is -2.11. The summed E-state index contributed by atoms with van der Waals surface area (Å²) in [5, 5.41) is 3.00. The quantitative estimate of drug-likeness (QED) is 0.330. The number of hydrogen-bond acceptors (Lipinski definition) is 3. The lowest BCUT2D eigenvalue weighted by atomic mass is 10.0. The molecule has 3 rings (SSSR count). The SMILES string of the molecule is C/C=C(\SCC)c1nc2ccc(NC(=O)c3ccc(CCCCCC)cc3)cc2[nH]1.[HH].[HH]. The van der Waals surface area contributed by atoms with Crippen LogP contribution in [0.15, 0.2) is 48.5 Å². The summed E-state index contributed by atoms with van der Waals surface area (Å²) in [6, 6.07) is 13.7. The van der Waals surface area contributed by atoms with E-state index in [9.17, 15) is 4.79 Å². The van der Waals surface area contributed by atoms with Crippen molar-refractivity contribution < 1.29 is 7.65 Å². The van der Waals surface area contributed by atoms with Crippen LogP contribution in [-0.2, 0) is 6.42 Å². The molecule has 0 atom stereocenters. The number of anilines is 1. The smallest absolute Gasteiger partial charge is 0.255 e. The zero-order chi connectivity index (χ0) is 21.3. The van der Waals surface area contributed by atoms with Crippen LogP contribution in [0.5, 0.6) is 0 Å². The summed E-state index contributed by atoms with van der Waals surface area (Å²) in [6.45, 7) is 6.37. The average molecular weight is 426 g/mol. The van der Waals surface area contributed by atoms with Crippen LogP contribution < -0.4 is 5.32 Å². The van der Waals surface area contributed by atoms with Gasteiger partial charge in [0.1, 0.15) is 5.82 Å². The van der Waals surface area contributed by atoms with Gasteiger partial charge in [-0.15, -0.1) is 11.8 Å². The molecule has 2 N–H and O–H groups in total. The van der Waals surface area contributed by atoms with Crippen molar-refractivity contribution in [2.75, 3.05) is 11.1 Å². The van der Waals surface area contributed by atoms with Crippen LogP contribution in [0.3, 0.4) is 0 Å².